The molecular formula is C131H268I5S3V2. The molecule has 0 aliphatic heterocycles. The van der Waals surface area contributed by atoms with Gasteiger partial charge in [-0.1, -0.05) is 672 Å². The molecule has 0 saturated carbocycles. The molecule has 0 amide bonds. The number of rotatable bonds is 108. The van der Waals surface area contributed by atoms with Crippen LogP contribution in [-0.4, -0.2) is 27.8 Å². The van der Waals surface area contributed by atoms with Gasteiger partial charge >= 0.3 is 114 Å². The van der Waals surface area contributed by atoms with Crippen molar-refractivity contribution in [3.05, 3.63) is 35.5 Å². The van der Waals surface area contributed by atoms with Crippen molar-refractivity contribution in [2.24, 2.45) is 5.92 Å². The fraction of sp³-hybridized carbons (Fsp3) is 0.954. The molecule has 0 aromatic heterocycles. The third kappa shape index (κ3) is 176. The van der Waals surface area contributed by atoms with Crippen LogP contribution in [0, 0.1) is 5.92 Å². The van der Waals surface area contributed by atoms with Crippen molar-refractivity contribution in [3.8, 4) is 0 Å². The fourth-order valence-electron chi connectivity index (χ4n) is 19.1. The van der Waals surface area contributed by atoms with E-state index in [2.05, 4.69) is 266 Å². The molecule has 0 heterocycles. The molecule has 0 fully saturated rings. The third-order valence-corrected chi connectivity index (χ3v) is 32.2. The van der Waals surface area contributed by atoms with Crippen molar-refractivity contribution in [2.75, 3.05) is 23.0 Å². The van der Waals surface area contributed by atoms with E-state index >= 15 is 0 Å². The fourth-order valence-corrected chi connectivity index (χ4v) is 22.0. The van der Waals surface area contributed by atoms with Gasteiger partial charge in [-0.2, -0.15) is 36.2 Å². The van der Waals surface area contributed by atoms with Gasteiger partial charge in [-0.05, 0) is 165 Å². The van der Waals surface area contributed by atoms with Gasteiger partial charge in [-0.25, -0.2) is 0 Å². The summed E-state index contributed by atoms with van der Waals surface area (Å²) in [6, 6.07) is 0. The van der Waals surface area contributed by atoms with Gasteiger partial charge in [0.15, 0.2) is 0 Å². The predicted octanol–water partition coefficient (Wildman–Crippen LogP) is 56.0. The summed E-state index contributed by atoms with van der Waals surface area (Å²) in [7, 11) is 0.628. The predicted molar refractivity (Wildman–Crippen MR) is 712 cm³/mol. The van der Waals surface area contributed by atoms with E-state index in [0.717, 1.165) is 11.7 Å². The van der Waals surface area contributed by atoms with Crippen LogP contribution < -0.4 is 0 Å². The molecule has 10 heteroatoms. The number of hydrogen-bond donors (Lipinski definition) is 1. The maximum absolute atomic E-state index is 4.25. The third-order valence-electron chi connectivity index (χ3n) is 29.0. The van der Waals surface area contributed by atoms with E-state index in [4.69, 9.17) is 0 Å². The minimum atomic E-state index is -0.278. The van der Waals surface area contributed by atoms with Crippen LogP contribution in [0.4, 0.5) is 0 Å². The molecule has 0 bridgehead atoms. The summed E-state index contributed by atoms with van der Waals surface area (Å²) in [5, 5.41) is 0. The average molecular weight is 2680 g/mol. The van der Waals surface area contributed by atoms with Crippen molar-refractivity contribution in [3.63, 3.8) is 0 Å². The summed E-state index contributed by atoms with van der Waals surface area (Å²) in [5.74, 6) is 6.33. The number of halogens is 5. The van der Waals surface area contributed by atoms with Gasteiger partial charge in [-0.3, -0.25) is 0 Å². The molecular weight excluding hydrogens is 2410 g/mol. The first-order chi connectivity index (χ1) is 69.0. The number of hydrogen-bond acceptors (Lipinski definition) is 3. The molecule has 0 saturated heterocycles. The summed E-state index contributed by atoms with van der Waals surface area (Å²) in [4.78, 5) is -0.278. The van der Waals surface area contributed by atoms with Crippen LogP contribution in [0.3, 0.4) is 0 Å². The Hall–Kier alpha value is 5.09. The van der Waals surface area contributed by atoms with E-state index in [-0.39, 0.29) is 4.92 Å². The van der Waals surface area contributed by atoms with Crippen LogP contribution in [0.5, 0.6) is 0 Å². The first-order valence-electron chi connectivity index (χ1n) is 64.5. The second kappa shape index (κ2) is 158. The van der Waals surface area contributed by atoms with Gasteiger partial charge in [0, 0.05) is 4.75 Å². The van der Waals surface area contributed by atoms with E-state index in [1.165, 1.54) is 684 Å². The Balaban J connectivity index is -0.000000255. The van der Waals surface area contributed by atoms with Crippen molar-refractivity contribution in [2.45, 2.75) is 777 Å². The van der Waals surface area contributed by atoms with Gasteiger partial charge in [-0.15, -0.1) is 0 Å². The van der Waals surface area contributed by atoms with E-state index in [1.807, 2.05) is 0 Å². The van der Waals surface area contributed by atoms with Crippen molar-refractivity contribution < 1.29 is 14.4 Å². The molecule has 0 radical (unpaired) electrons. The minimum absolute atomic E-state index is 0.278. The monoisotopic (exact) mass is 2670 g/mol. The summed E-state index contributed by atoms with van der Waals surface area (Å²) in [6.45, 7) is 41.4. The van der Waals surface area contributed by atoms with Gasteiger partial charge < -0.3 is 0 Å². The molecule has 0 nitrogen and oxygen atoms in total. The van der Waals surface area contributed by atoms with Crippen LogP contribution in [0.15, 0.2) is 35.5 Å². The summed E-state index contributed by atoms with van der Waals surface area (Å²) < 4.78 is 0.549. The Morgan fingerprint density at radius 2 is 0.440 bits per heavy atom. The second-order valence-corrected chi connectivity index (χ2v) is 94.4. The molecule has 0 N–H and O–H groups in total. The van der Waals surface area contributed by atoms with Gasteiger partial charge in [0.25, 0.3) is 0 Å². The molecule has 0 aliphatic carbocycles. The van der Waals surface area contributed by atoms with Crippen LogP contribution in [0.2, 0.25) is 0 Å². The Morgan fingerprint density at radius 1 is 0.262 bits per heavy atom. The molecule has 0 spiro atoms. The Bertz CT molecular complexity index is 2090. The van der Waals surface area contributed by atoms with Crippen molar-refractivity contribution in [1.29, 1.82) is 0 Å². The van der Waals surface area contributed by atoms with Gasteiger partial charge in [0.05, 0.1) is 0 Å². The summed E-state index contributed by atoms with van der Waals surface area (Å²) in [5.41, 5.74) is 4.77. The van der Waals surface area contributed by atoms with E-state index < -0.39 is 0 Å². The van der Waals surface area contributed by atoms with E-state index in [1.54, 1.807) is 11.1 Å². The molecule has 0 aliphatic rings. The van der Waals surface area contributed by atoms with Gasteiger partial charge in [0.2, 0.25) is 0 Å². The van der Waals surface area contributed by atoms with Crippen LogP contribution in [0.1, 0.15) is 772 Å². The average Bonchev–Trinajstić information content (AvgIpc) is 0.898. The van der Waals surface area contributed by atoms with Crippen LogP contribution >= 0.6 is 136 Å². The molecule has 141 heavy (non-hydrogen) atoms. The zero-order valence-corrected chi connectivity index (χ0v) is 116. The first kappa shape index (κ1) is 161. The molecule has 0 aromatic rings. The molecule has 855 valence electrons. The topological polar surface area (TPSA) is 0 Å². The quantitative estimate of drug-likeness (QED) is 0.0279. The van der Waals surface area contributed by atoms with Crippen molar-refractivity contribution >= 4 is 136 Å². The standard InChI is InChI=1S/C32H66S.C31H64S.3C20H40.C8H18S.5HI.2V/c1-4-7-10-13-16-18-19-21-23-26-29-32(28-25-22-20-17-14-11-8-5-2)31-33-30-27-24-15-12-9-6-3;1-5-8-11-14-16-18-19-21-23-26-29-31(4,32-30-27-24-13-10-7-3)28-25-22-20-17-15-12-9-6-2;3*1-4-6-8-10-12-13-15-17-19-20(3)18-16-14-11-9-7-5-2;1-2-3-4-5-6-7-8-9;;;;;;;/h32H,4-31H2,1-3H3;5-30H2,1-4H3;19H,4-18H2,1-3H3;18H,4-17,19H2,1-3H3;3-19H2,1-2H3;9H,2-8H2,1H3;5*1H;;/q;;;;;;;;;;;+2;+3/p-5/b;;20-19-;20-18-;;;;;;;;;. The zero-order chi connectivity index (χ0) is 106. The molecule has 2 atom stereocenters. The van der Waals surface area contributed by atoms with E-state index in [9.17, 15) is 0 Å². The Labute approximate surface area is 980 Å². The number of unbranched alkanes of at least 4 members (excludes halogenated alkanes) is 82. The van der Waals surface area contributed by atoms with Crippen LogP contribution in [-0.2, 0) is 14.4 Å². The normalized spacial score (nSPS) is 11.9. The molecule has 0 aromatic carbocycles. The zero-order valence-electron chi connectivity index (χ0n) is 100. The maximum atomic E-state index is 4.25. The molecule has 2 unspecified atom stereocenters. The Morgan fingerprint density at radius 3 is 0.667 bits per heavy atom. The van der Waals surface area contributed by atoms with Crippen LogP contribution in [0.25, 0.3) is 0 Å². The first-order valence-corrected chi connectivity index (χ1v) is 89.8. The summed E-state index contributed by atoms with van der Waals surface area (Å²) in [6.07, 6.45) is 152. The summed E-state index contributed by atoms with van der Waals surface area (Å²) >= 11 is 20.9. The number of allylic oxidation sites excluding steroid dienone is 5. The molecule has 0 rings (SSSR count). The van der Waals surface area contributed by atoms with Crippen molar-refractivity contribution in [1.82, 2.24) is 0 Å². The van der Waals surface area contributed by atoms with E-state index in [0.29, 0.717) is 14.2 Å². The Kier molecular flexibility index (Phi) is 181. The number of thiol groups is 1. The SMILES string of the molecule is C=C(CCCCCCCC)CCCCCCCCCC.CCCCCCC/C=C(/C)CCCCCCCCCC.CCCCCCCCC/C=C(/C)CCCCCCCC.CCCCCCCCCCCCC(C)(CCCCCCCCCC)SCCCCCCC.CCCCCCCCCCCCC(CCCCCCCCCC)CSCCCCCCCC.CCCCCCCCS.[I][V]([I])[I].[I][V][I]. The van der Waals surface area contributed by atoms with Gasteiger partial charge in [0.1, 0.15) is 0 Å². The number of thioether (sulfide) groups is 2. The second-order valence-electron chi connectivity index (χ2n) is 44.0.